The molecule has 0 aromatic carbocycles. The number of aliphatic hydroxyl groups excluding tert-OH is 1. The van der Waals surface area contributed by atoms with Gasteiger partial charge in [-0.2, -0.15) is 5.10 Å². The first-order valence-corrected chi connectivity index (χ1v) is 9.74. The van der Waals surface area contributed by atoms with Gasteiger partial charge in [0.05, 0.1) is 6.54 Å². The van der Waals surface area contributed by atoms with Crippen LogP contribution < -0.4 is 10.6 Å². The Morgan fingerprint density at radius 3 is 2.61 bits per heavy atom. The number of nitrogens with zero attached hydrogens (tertiary/aromatic N) is 4. The van der Waals surface area contributed by atoms with Crippen LogP contribution in [0.15, 0.2) is 41.8 Å². The molecule has 2 aromatic rings. The minimum Gasteiger partial charge on any atom is -0.396 e. The van der Waals surface area contributed by atoms with Gasteiger partial charge in [-0.25, -0.2) is 14.7 Å². The second-order valence-electron chi connectivity index (χ2n) is 6.70. The third-order valence-electron chi connectivity index (χ3n) is 5.09. The average molecular weight is 500 g/mol. The highest BCUT2D eigenvalue weighted by molar-refractivity contribution is 14.0. The van der Waals surface area contributed by atoms with Crippen LogP contribution in [0.2, 0.25) is 0 Å². The lowest BCUT2D eigenvalue weighted by atomic mass is 9.79. The minimum absolute atomic E-state index is 0. The standard InChI is InChI=1S/C20H32N6O.HI/c1-4-20(5-2,9-13-27)16-24-19(21-6-3)23-15-17-8-11-22-18(14-17)26-12-7-10-25-26;/h7-8,10-12,14,27H,4-6,9,13,15-16H2,1-3H3,(H2,21,23,24);1H. The molecule has 28 heavy (non-hydrogen) atoms. The summed E-state index contributed by atoms with van der Waals surface area (Å²) < 4.78 is 1.74. The molecule has 0 radical (unpaired) electrons. The summed E-state index contributed by atoms with van der Waals surface area (Å²) in [5.41, 5.74) is 1.16. The number of hydrogen-bond acceptors (Lipinski definition) is 4. The smallest absolute Gasteiger partial charge is 0.191 e. The van der Waals surface area contributed by atoms with Gasteiger partial charge < -0.3 is 15.7 Å². The molecule has 7 nitrogen and oxygen atoms in total. The Bertz CT molecular complexity index is 700. The Morgan fingerprint density at radius 2 is 2.00 bits per heavy atom. The summed E-state index contributed by atoms with van der Waals surface area (Å²) in [5, 5.41) is 20.4. The second kappa shape index (κ2) is 12.7. The number of aliphatic hydroxyl groups is 1. The van der Waals surface area contributed by atoms with Crippen LogP contribution in [0, 0.1) is 5.41 Å². The van der Waals surface area contributed by atoms with Crippen molar-refractivity contribution < 1.29 is 5.11 Å². The van der Waals surface area contributed by atoms with E-state index < -0.39 is 0 Å². The predicted octanol–water partition coefficient (Wildman–Crippen LogP) is 3.13. The fraction of sp³-hybridized carbons (Fsp3) is 0.550. The lowest BCUT2D eigenvalue weighted by Gasteiger charge is -2.32. The maximum atomic E-state index is 9.40. The molecule has 0 atom stereocenters. The van der Waals surface area contributed by atoms with Crippen molar-refractivity contribution in [3.63, 3.8) is 0 Å². The monoisotopic (exact) mass is 500 g/mol. The zero-order valence-corrected chi connectivity index (χ0v) is 19.4. The van der Waals surface area contributed by atoms with Crippen LogP contribution in [0.5, 0.6) is 0 Å². The molecule has 3 N–H and O–H groups in total. The van der Waals surface area contributed by atoms with Crippen molar-refractivity contribution in [2.24, 2.45) is 10.4 Å². The number of pyridine rings is 1. The molecule has 0 fully saturated rings. The number of guanidine groups is 1. The first-order chi connectivity index (χ1) is 13.2. The van der Waals surface area contributed by atoms with E-state index in [0.717, 1.165) is 49.7 Å². The highest BCUT2D eigenvalue weighted by atomic mass is 127. The van der Waals surface area contributed by atoms with Gasteiger partial charge in [0, 0.05) is 38.3 Å². The van der Waals surface area contributed by atoms with Crippen molar-refractivity contribution in [1.82, 2.24) is 25.4 Å². The van der Waals surface area contributed by atoms with E-state index in [-0.39, 0.29) is 36.0 Å². The molecule has 0 spiro atoms. The zero-order chi connectivity index (χ0) is 19.5. The fourth-order valence-electron chi connectivity index (χ4n) is 3.05. The van der Waals surface area contributed by atoms with Crippen LogP contribution in [0.3, 0.4) is 0 Å². The van der Waals surface area contributed by atoms with Crippen molar-refractivity contribution in [2.45, 2.75) is 46.6 Å². The highest BCUT2D eigenvalue weighted by Crippen LogP contribution is 2.29. The summed E-state index contributed by atoms with van der Waals surface area (Å²) in [5.74, 6) is 1.57. The summed E-state index contributed by atoms with van der Waals surface area (Å²) in [6, 6.07) is 5.84. The van der Waals surface area contributed by atoms with E-state index in [1.54, 1.807) is 17.1 Å². The van der Waals surface area contributed by atoms with Gasteiger partial charge in [0.25, 0.3) is 0 Å². The number of aromatic nitrogens is 3. The van der Waals surface area contributed by atoms with Gasteiger partial charge in [-0.05, 0) is 55.4 Å². The maximum Gasteiger partial charge on any atom is 0.191 e. The SMILES string of the molecule is CCNC(=NCc1ccnc(-n2cccn2)c1)NCC(CC)(CC)CCO.I. The summed E-state index contributed by atoms with van der Waals surface area (Å²) in [6.07, 6.45) is 8.23. The van der Waals surface area contributed by atoms with E-state index in [2.05, 4.69) is 41.5 Å². The summed E-state index contributed by atoms with van der Waals surface area (Å²) in [6.45, 7) is 8.77. The Hall–Kier alpha value is -1.68. The summed E-state index contributed by atoms with van der Waals surface area (Å²) >= 11 is 0. The predicted molar refractivity (Wildman–Crippen MR) is 124 cm³/mol. The van der Waals surface area contributed by atoms with Gasteiger partial charge in [-0.1, -0.05) is 13.8 Å². The molecule has 0 aliphatic rings. The molecule has 8 heteroatoms. The molecule has 2 heterocycles. The molecule has 2 rings (SSSR count). The Kier molecular flexibility index (Phi) is 11.1. The number of nitrogens with one attached hydrogen (secondary N) is 2. The maximum absolute atomic E-state index is 9.40. The third kappa shape index (κ3) is 7.05. The molecule has 0 saturated heterocycles. The molecule has 0 saturated carbocycles. The number of aliphatic imine (C=N–C) groups is 1. The number of hydrogen-bond donors (Lipinski definition) is 3. The van der Waals surface area contributed by atoms with E-state index in [1.807, 2.05) is 24.4 Å². The van der Waals surface area contributed by atoms with E-state index in [9.17, 15) is 5.11 Å². The van der Waals surface area contributed by atoms with Crippen molar-refractivity contribution in [2.75, 3.05) is 19.7 Å². The van der Waals surface area contributed by atoms with Crippen LogP contribution in [0.25, 0.3) is 5.82 Å². The Morgan fingerprint density at radius 1 is 1.21 bits per heavy atom. The van der Waals surface area contributed by atoms with Crippen LogP contribution in [0.4, 0.5) is 0 Å². The van der Waals surface area contributed by atoms with Crippen molar-refractivity contribution in [3.05, 3.63) is 42.4 Å². The van der Waals surface area contributed by atoms with Crippen molar-refractivity contribution >= 4 is 29.9 Å². The molecular weight excluding hydrogens is 467 g/mol. The molecular formula is C20H33IN6O. The van der Waals surface area contributed by atoms with E-state index in [4.69, 9.17) is 4.99 Å². The van der Waals surface area contributed by atoms with Crippen LogP contribution >= 0.6 is 24.0 Å². The quantitative estimate of drug-likeness (QED) is 0.265. The van der Waals surface area contributed by atoms with Crippen molar-refractivity contribution in [3.8, 4) is 5.82 Å². The zero-order valence-electron chi connectivity index (χ0n) is 17.1. The van der Waals surface area contributed by atoms with Crippen LogP contribution in [0.1, 0.15) is 45.6 Å². The first kappa shape index (κ1) is 24.4. The van der Waals surface area contributed by atoms with E-state index in [1.165, 1.54) is 0 Å². The van der Waals surface area contributed by atoms with Crippen molar-refractivity contribution in [1.29, 1.82) is 0 Å². The molecule has 0 aliphatic heterocycles. The molecule has 0 aliphatic carbocycles. The summed E-state index contributed by atoms with van der Waals surface area (Å²) in [7, 11) is 0. The van der Waals surface area contributed by atoms with Gasteiger partial charge in [-0.3, -0.25) is 0 Å². The third-order valence-corrected chi connectivity index (χ3v) is 5.09. The number of halogens is 1. The molecule has 2 aromatic heterocycles. The average Bonchev–Trinajstić information content (AvgIpc) is 3.24. The molecule has 0 bridgehead atoms. The largest absolute Gasteiger partial charge is 0.396 e. The van der Waals surface area contributed by atoms with Gasteiger partial charge in [0.1, 0.15) is 0 Å². The normalized spacial score (nSPS) is 11.8. The van der Waals surface area contributed by atoms with Gasteiger partial charge in [-0.15, -0.1) is 24.0 Å². The summed E-state index contributed by atoms with van der Waals surface area (Å²) in [4.78, 5) is 9.07. The number of rotatable bonds is 10. The fourth-order valence-corrected chi connectivity index (χ4v) is 3.05. The van der Waals surface area contributed by atoms with Gasteiger partial charge in [0.15, 0.2) is 11.8 Å². The van der Waals surface area contributed by atoms with Crippen LogP contribution in [-0.2, 0) is 6.54 Å². The molecule has 156 valence electrons. The van der Waals surface area contributed by atoms with Gasteiger partial charge >= 0.3 is 0 Å². The van der Waals surface area contributed by atoms with E-state index >= 15 is 0 Å². The van der Waals surface area contributed by atoms with Gasteiger partial charge in [0.2, 0.25) is 0 Å². The topological polar surface area (TPSA) is 87.4 Å². The Labute approximate surface area is 185 Å². The van der Waals surface area contributed by atoms with E-state index in [0.29, 0.717) is 6.54 Å². The first-order valence-electron chi connectivity index (χ1n) is 9.74. The lowest BCUT2D eigenvalue weighted by molar-refractivity contribution is 0.169. The molecule has 0 amide bonds. The Balaban J connectivity index is 0.00000392. The second-order valence-corrected chi connectivity index (χ2v) is 6.70. The highest BCUT2D eigenvalue weighted by Gasteiger charge is 2.25. The minimum atomic E-state index is 0. The van der Waals surface area contributed by atoms with Crippen LogP contribution in [-0.4, -0.2) is 45.5 Å². The lowest BCUT2D eigenvalue weighted by Crippen LogP contribution is -2.43. The molecule has 0 unspecified atom stereocenters.